The molecule has 0 saturated heterocycles. The number of hydrogen-bond donors (Lipinski definition) is 2. The molecule has 13 heavy (non-hydrogen) atoms. The second kappa shape index (κ2) is 5.56. The van der Waals surface area contributed by atoms with Crippen LogP contribution in [0.4, 0.5) is 5.69 Å². The molecule has 0 heterocycles. The van der Waals surface area contributed by atoms with E-state index in [-0.39, 0.29) is 0 Å². The number of anilines is 1. The maximum atomic E-state index is 9.23. The normalized spacial score (nSPS) is 12.5. The standard InChI is InChI=1S/C10H15NO2/c1-2-6-10(12)13-11-9-7-4-3-5-8-9/h3-5,7-8,10-12H,2,6H2,1H3. The second-order valence-electron chi connectivity index (χ2n) is 2.83. The molecule has 72 valence electrons. The molecule has 1 unspecified atom stereocenters. The second-order valence-corrected chi connectivity index (χ2v) is 2.83. The molecule has 0 aliphatic rings. The molecule has 3 nitrogen and oxygen atoms in total. The molecule has 0 aromatic heterocycles. The Morgan fingerprint density at radius 3 is 2.69 bits per heavy atom. The Bertz CT molecular complexity index is 226. The molecule has 0 aliphatic carbocycles. The number of rotatable bonds is 5. The smallest absolute Gasteiger partial charge is 0.180 e. The highest BCUT2D eigenvalue weighted by Gasteiger charge is 2.01. The lowest BCUT2D eigenvalue weighted by atomic mass is 10.3. The lowest BCUT2D eigenvalue weighted by Gasteiger charge is -2.11. The topological polar surface area (TPSA) is 41.5 Å². The summed E-state index contributed by atoms with van der Waals surface area (Å²) in [4.78, 5) is 4.97. The number of aliphatic hydroxyl groups excluding tert-OH is 1. The summed E-state index contributed by atoms with van der Waals surface area (Å²) in [6.45, 7) is 2.00. The fourth-order valence-electron chi connectivity index (χ4n) is 0.948. The van der Waals surface area contributed by atoms with Gasteiger partial charge in [-0.25, -0.2) is 4.84 Å². The van der Waals surface area contributed by atoms with Gasteiger partial charge >= 0.3 is 0 Å². The molecule has 1 atom stereocenters. The van der Waals surface area contributed by atoms with Crippen LogP contribution in [0, 0.1) is 0 Å². The molecule has 0 spiro atoms. The summed E-state index contributed by atoms with van der Waals surface area (Å²) < 4.78 is 0. The Hall–Kier alpha value is -1.06. The zero-order valence-corrected chi connectivity index (χ0v) is 7.73. The molecule has 0 radical (unpaired) electrons. The van der Waals surface area contributed by atoms with E-state index in [1.54, 1.807) is 0 Å². The van der Waals surface area contributed by atoms with Crippen LogP contribution >= 0.6 is 0 Å². The third-order valence-electron chi connectivity index (χ3n) is 1.62. The summed E-state index contributed by atoms with van der Waals surface area (Å²) in [5.74, 6) is 0. The van der Waals surface area contributed by atoms with Crippen LogP contribution < -0.4 is 5.48 Å². The Kier molecular flexibility index (Phi) is 4.29. The van der Waals surface area contributed by atoms with Crippen molar-refractivity contribution in [2.24, 2.45) is 0 Å². The zero-order valence-electron chi connectivity index (χ0n) is 7.73. The predicted molar refractivity (Wildman–Crippen MR) is 52.1 cm³/mol. The summed E-state index contributed by atoms with van der Waals surface area (Å²) in [5.41, 5.74) is 3.52. The highest BCUT2D eigenvalue weighted by Crippen LogP contribution is 2.06. The minimum Gasteiger partial charge on any atom is -0.366 e. The number of aliphatic hydroxyl groups is 1. The van der Waals surface area contributed by atoms with Crippen molar-refractivity contribution in [3.63, 3.8) is 0 Å². The molecular weight excluding hydrogens is 166 g/mol. The van der Waals surface area contributed by atoms with Gasteiger partial charge in [-0.2, -0.15) is 0 Å². The van der Waals surface area contributed by atoms with E-state index in [4.69, 9.17) is 4.84 Å². The van der Waals surface area contributed by atoms with Crippen LogP contribution in [0.2, 0.25) is 0 Å². The van der Waals surface area contributed by atoms with Crippen molar-refractivity contribution in [1.82, 2.24) is 0 Å². The first-order valence-electron chi connectivity index (χ1n) is 4.47. The lowest BCUT2D eigenvalue weighted by molar-refractivity contribution is -0.0792. The fraction of sp³-hybridized carbons (Fsp3) is 0.400. The van der Waals surface area contributed by atoms with Crippen LogP contribution in [0.25, 0.3) is 0 Å². The average molecular weight is 181 g/mol. The fourth-order valence-corrected chi connectivity index (χ4v) is 0.948. The first kappa shape index (κ1) is 10.0. The molecule has 2 N–H and O–H groups in total. The van der Waals surface area contributed by atoms with Crippen molar-refractivity contribution in [3.05, 3.63) is 30.3 Å². The maximum absolute atomic E-state index is 9.23. The molecular formula is C10H15NO2. The SMILES string of the molecule is CCCC(O)ONc1ccccc1. The van der Waals surface area contributed by atoms with Crippen molar-refractivity contribution in [1.29, 1.82) is 0 Å². The van der Waals surface area contributed by atoms with E-state index < -0.39 is 6.29 Å². The molecule has 0 saturated carbocycles. The summed E-state index contributed by atoms with van der Waals surface area (Å²) in [6, 6.07) is 9.47. The van der Waals surface area contributed by atoms with Crippen LogP contribution in [0.5, 0.6) is 0 Å². The van der Waals surface area contributed by atoms with E-state index >= 15 is 0 Å². The third-order valence-corrected chi connectivity index (χ3v) is 1.62. The van der Waals surface area contributed by atoms with E-state index in [1.165, 1.54) is 0 Å². The van der Waals surface area contributed by atoms with Crippen LogP contribution in [-0.4, -0.2) is 11.4 Å². The highest BCUT2D eigenvalue weighted by molar-refractivity contribution is 5.39. The predicted octanol–water partition coefficient (Wildman–Crippen LogP) is 2.15. The zero-order chi connectivity index (χ0) is 9.52. The van der Waals surface area contributed by atoms with E-state index in [2.05, 4.69) is 5.48 Å². The van der Waals surface area contributed by atoms with Gasteiger partial charge in [-0.3, -0.25) is 5.48 Å². The monoisotopic (exact) mass is 181 g/mol. The summed E-state index contributed by atoms with van der Waals surface area (Å²) >= 11 is 0. The summed E-state index contributed by atoms with van der Waals surface area (Å²) in [6.07, 6.45) is 0.808. The van der Waals surface area contributed by atoms with Crippen LogP contribution in [0.1, 0.15) is 19.8 Å². The van der Waals surface area contributed by atoms with E-state index in [0.717, 1.165) is 12.1 Å². The van der Waals surface area contributed by atoms with Gasteiger partial charge in [0.1, 0.15) is 0 Å². The summed E-state index contributed by atoms with van der Waals surface area (Å²) in [5, 5.41) is 9.23. The lowest BCUT2D eigenvalue weighted by Crippen LogP contribution is -2.15. The van der Waals surface area contributed by atoms with Crippen molar-refractivity contribution in [2.45, 2.75) is 26.1 Å². The largest absolute Gasteiger partial charge is 0.366 e. The molecule has 1 aromatic carbocycles. The van der Waals surface area contributed by atoms with Gasteiger partial charge in [0.05, 0.1) is 5.69 Å². The van der Waals surface area contributed by atoms with Crippen molar-refractivity contribution < 1.29 is 9.94 Å². The maximum Gasteiger partial charge on any atom is 0.180 e. The minimum atomic E-state index is -0.731. The molecule has 0 bridgehead atoms. The van der Waals surface area contributed by atoms with E-state index in [0.29, 0.717) is 6.42 Å². The Morgan fingerprint density at radius 2 is 2.08 bits per heavy atom. The average Bonchev–Trinajstić information content (AvgIpc) is 2.17. The third kappa shape index (κ3) is 3.92. The van der Waals surface area contributed by atoms with Gasteiger partial charge in [-0.15, -0.1) is 0 Å². The molecule has 3 heteroatoms. The van der Waals surface area contributed by atoms with Crippen molar-refractivity contribution in [3.8, 4) is 0 Å². The van der Waals surface area contributed by atoms with Gasteiger partial charge < -0.3 is 5.11 Å². The van der Waals surface area contributed by atoms with E-state index in [1.807, 2.05) is 37.3 Å². The Balaban J connectivity index is 2.27. The van der Waals surface area contributed by atoms with Gasteiger partial charge in [0, 0.05) is 6.42 Å². The van der Waals surface area contributed by atoms with Gasteiger partial charge in [-0.05, 0) is 12.1 Å². The molecule has 0 fully saturated rings. The quantitative estimate of drug-likeness (QED) is 0.540. The Labute approximate surface area is 78.3 Å². The number of nitrogens with one attached hydrogen (secondary N) is 1. The van der Waals surface area contributed by atoms with Gasteiger partial charge in [0.15, 0.2) is 6.29 Å². The Morgan fingerprint density at radius 1 is 1.38 bits per heavy atom. The van der Waals surface area contributed by atoms with Gasteiger partial charge in [-0.1, -0.05) is 31.5 Å². The summed E-state index contributed by atoms with van der Waals surface area (Å²) in [7, 11) is 0. The molecule has 0 amide bonds. The molecule has 0 aliphatic heterocycles. The molecule has 1 aromatic rings. The van der Waals surface area contributed by atoms with E-state index in [9.17, 15) is 5.11 Å². The highest BCUT2D eigenvalue weighted by atomic mass is 16.7. The number of benzene rings is 1. The number of para-hydroxylation sites is 1. The van der Waals surface area contributed by atoms with Crippen LogP contribution in [0.3, 0.4) is 0 Å². The van der Waals surface area contributed by atoms with Gasteiger partial charge in [0.25, 0.3) is 0 Å². The van der Waals surface area contributed by atoms with Crippen LogP contribution in [0.15, 0.2) is 30.3 Å². The minimum absolute atomic E-state index is 0.639. The van der Waals surface area contributed by atoms with Crippen molar-refractivity contribution in [2.75, 3.05) is 5.48 Å². The first-order chi connectivity index (χ1) is 6.33. The number of hydrogen-bond acceptors (Lipinski definition) is 3. The van der Waals surface area contributed by atoms with Gasteiger partial charge in [0.2, 0.25) is 0 Å². The molecule has 1 rings (SSSR count). The first-order valence-corrected chi connectivity index (χ1v) is 4.47. The van der Waals surface area contributed by atoms with Crippen LogP contribution in [-0.2, 0) is 4.84 Å². The van der Waals surface area contributed by atoms with Crippen molar-refractivity contribution >= 4 is 5.69 Å².